The molecule has 2 aromatic carbocycles. The zero-order valence-corrected chi connectivity index (χ0v) is 10.3. The van der Waals surface area contributed by atoms with Gasteiger partial charge >= 0.3 is 0 Å². The fourth-order valence-electron chi connectivity index (χ4n) is 1.82. The number of halogens is 4. The highest BCUT2D eigenvalue weighted by Crippen LogP contribution is 2.14. The Bertz CT molecular complexity index is 597. The number of hydrogen-bond acceptors (Lipinski definition) is 1. The Balaban J connectivity index is 2.09. The smallest absolute Gasteiger partial charge is 0.141 e. The van der Waals surface area contributed by atoms with Crippen molar-refractivity contribution in [2.75, 3.05) is 0 Å². The predicted molar refractivity (Wildman–Crippen MR) is 65.1 cm³/mol. The molecular weight excluding hydrogens is 272 g/mol. The summed E-state index contributed by atoms with van der Waals surface area (Å²) in [6, 6.07) is 5.80. The second-order valence-corrected chi connectivity index (χ2v) is 4.36. The van der Waals surface area contributed by atoms with Crippen molar-refractivity contribution in [3.05, 3.63) is 70.8 Å². The zero-order chi connectivity index (χ0) is 14.7. The van der Waals surface area contributed by atoms with Gasteiger partial charge in [0.15, 0.2) is 0 Å². The van der Waals surface area contributed by atoms with E-state index in [2.05, 4.69) is 0 Å². The molecule has 0 aliphatic heterocycles. The molecule has 0 saturated heterocycles. The number of hydrogen-bond donors (Lipinski definition) is 0. The molecule has 0 N–H and O–H groups in total. The van der Waals surface area contributed by atoms with E-state index in [1.54, 1.807) is 0 Å². The number of carbonyl (C=O) groups is 1. The third kappa shape index (κ3) is 3.44. The minimum atomic E-state index is -0.821. The van der Waals surface area contributed by atoms with E-state index in [1.165, 1.54) is 12.1 Å². The Morgan fingerprint density at radius 1 is 0.750 bits per heavy atom. The van der Waals surface area contributed by atoms with Gasteiger partial charge < -0.3 is 0 Å². The lowest BCUT2D eigenvalue weighted by Crippen LogP contribution is -2.09. The first-order chi connectivity index (χ1) is 9.45. The Hall–Kier alpha value is -2.17. The van der Waals surface area contributed by atoms with Crippen molar-refractivity contribution in [1.82, 2.24) is 0 Å². The molecule has 0 spiro atoms. The maximum atomic E-state index is 13.4. The van der Waals surface area contributed by atoms with Crippen molar-refractivity contribution in [1.29, 1.82) is 0 Å². The Morgan fingerprint density at radius 3 is 1.50 bits per heavy atom. The Kier molecular flexibility index (Phi) is 4.17. The minimum Gasteiger partial charge on any atom is -0.299 e. The van der Waals surface area contributed by atoms with Crippen LogP contribution in [0.5, 0.6) is 0 Å². The number of benzene rings is 2. The number of ketones is 1. The van der Waals surface area contributed by atoms with Crippen molar-refractivity contribution in [3.63, 3.8) is 0 Å². The van der Waals surface area contributed by atoms with Crippen LogP contribution in [0.25, 0.3) is 0 Å². The largest absolute Gasteiger partial charge is 0.299 e. The first-order valence-corrected chi connectivity index (χ1v) is 5.85. The van der Waals surface area contributed by atoms with Crippen LogP contribution in [-0.2, 0) is 17.6 Å². The molecule has 2 rings (SSSR count). The van der Waals surface area contributed by atoms with Gasteiger partial charge in [-0.3, -0.25) is 4.79 Å². The van der Waals surface area contributed by atoms with Gasteiger partial charge in [0.1, 0.15) is 29.1 Å². The average molecular weight is 282 g/mol. The molecule has 0 unspecified atom stereocenters. The molecule has 5 heteroatoms. The Morgan fingerprint density at radius 2 is 1.15 bits per heavy atom. The molecule has 0 aliphatic rings. The maximum Gasteiger partial charge on any atom is 0.141 e. The first-order valence-electron chi connectivity index (χ1n) is 5.85. The number of carbonyl (C=O) groups excluding carboxylic acids is 1. The lowest BCUT2D eigenvalue weighted by Gasteiger charge is -2.05. The second kappa shape index (κ2) is 5.86. The molecule has 20 heavy (non-hydrogen) atoms. The molecule has 0 radical (unpaired) electrons. The molecular formula is C15H10F4O. The monoisotopic (exact) mass is 282 g/mol. The summed E-state index contributed by atoms with van der Waals surface area (Å²) < 4.78 is 52.2. The van der Waals surface area contributed by atoms with Gasteiger partial charge in [0.05, 0.1) is 0 Å². The van der Waals surface area contributed by atoms with E-state index >= 15 is 0 Å². The summed E-state index contributed by atoms with van der Waals surface area (Å²) >= 11 is 0. The summed E-state index contributed by atoms with van der Waals surface area (Å²) in [6.45, 7) is 0. The molecule has 104 valence electrons. The topological polar surface area (TPSA) is 17.1 Å². The van der Waals surface area contributed by atoms with E-state index in [9.17, 15) is 22.4 Å². The summed E-state index contributed by atoms with van der Waals surface area (Å²) in [5.74, 6) is -3.55. The summed E-state index contributed by atoms with van der Waals surface area (Å²) in [6.07, 6.45) is -0.550. The van der Waals surface area contributed by atoms with Gasteiger partial charge in [-0.25, -0.2) is 17.6 Å². The van der Waals surface area contributed by atoms with Crippen LogP contribution in [0.3, 0.4) is 0 Å². The fraction of sp³-hybridized carbons (Fsp3) is 0.133. The van der Waals surface area contributed by atoms with Gasteiger partial charge in [0.25, 0.3) is 0 Å². The van der Waals surface area contributed by atoms with Crippen LogP contribution < -0.4 is 0 Å². The maximum absolute atomic E-state index is 13.4. The zero-order valence-electron chi connectivity index (χ0n) is 10.3. The SMILES string of the molecule is O=C(Cc1ccc(F)cc1F)Cc1ccc(F)cc1F. The van der Waals surface area contributed by atoms with E-state index in [0.29, 0.717) is 12.1 Å². The molecule has 0 atom stereocenters. The molecule has 0 bridgehead atoms. The van der Waals surface area contributed by atoms with Crippen LogP contribution in [0, 0.1) is 23.3 Å². The standard InChI is InChI=1S/C15H10F4O/c16-11-3-1-9(14(18)7-11)5-13(20)6-10-2-4-12(17)8-15(10)19/h1-4,7-8H,5-6H2. The van der Waals surface area contributed by atoms with Crippen molar-refractivity contribution < 1.29 is 22.4 Å². The van der Waals surface area contributed by atoms with Crippen molar-refractivity contribution >= 4 is 5.78 Å². The molecule has 0 heterocycles. The first kappa shape index (κ1) is 14.2. The lowest BCUT2D eigenvalue weighted by atomic mass is 10.0. The fourth-order valence-corrected chi connectivity index (χ4v) is 1.82. The van der Waals surface area contributed by atoms with Gasteiger partial charge in [0.2, 0.25) is 0 Å². The molecule has 0 saturated carbocycles. The van der Waals surface area contributed by atoms with Crippen molar-refractivity contribution in [3.8, 4) is 0 Å². The lowest BCUT2D eigenvalue weighted by molar-refractivity contribution is -0.117. The van der Waals surface area contributed by atoms with Crippen LogP contribution in [0.1, 0.15) is 11.1 Å². The number of rotatable bonds is 4. The molecule has 0 amide bonds. The highest BCUT2D eigenvalue weighted by Gasteiger charge is 2.12. The van der Waals surface area contributed by atoms with Crippen LogP contribution in [0.2, 0.25) is 0 Å². The predicted octanol–water partition coefficient (Wildman–Crippen LogP) is 3.60. The highest BCUT2D eigenvalue weighted by atomic mass is 19.1. The van der Waals surface area contributed by atoms with Crippen LogP contribution in [0.15, 0.2) is 36.4 Å². The summed E-state index contributed by atoms with van der Waals surface area (Å²) in [5.41, 5.74) is 0.0813. The van der Waals surface area contributed by atoms with Gasteiger partial charge in [-0.1, -0.05) is 12.1 Å². The van der Waals surface area contributed by atoms with Crippen molar-refractivity contribution in [2.45, 2.75) is 12.8 Å². The normalized spacial score (nSPS) is 10.6. The number of Topliss-reactive ketones (excluding diaryl/α,β-unsaturated/α-hetero) is 1. The minimum absolute atomic E-state index is 0.0407. The van der Waals surface area contributed by atoms with Crippen molar-refractivity contribution in [2.24, 2.45) is 0 Å². The molecule has 0 aromatic heterocycles. The van der Waals surface area contributed by atoms with E-state index in [1.807, 2.05) is 0 Å². The van der Waals surface area contributed by atoms with Gasteiger partial charge in [-0.15, -0.1) is 0 Å². The van der Waals surface area contributed by atoms with Gasteiger partial charge in [-0.2, -0.15) is 0 Å². The molecule has 1 nitrogen and oxygen atoms in total. The van der Waals surface area contributed by atoms with E-state index in [4.69, 9.17) is 0 Å². The molecule has 2 aromatic rings. The van der Waals surface area contributed by atoms with Crippen LogP contribution >= 0.6 is 0 Å². The highest BCUT2D eigenvalue weighted by molar-refractivity contribution is 5.83. The average Bonchev–Trinajstić information content (AvgIpc) is 2.36. The van der Waals surface area contributed by atoms with E-state index in [-0.39, 0.29) is 24.0 Å². The third-order valence-electron chi connectivity index (χ3n) is 2.81. The van der Waals surface area contributed by atoms with E-state index in [0.717, 1.165) is 12.1 Å². The van der Waals surface area contributed by atoms with Crippen LogP contribution in [0.4, 0.5) is 17.6 Å². The molecule has 0 aliphatic carbocycles. The van der Waals surface area contributed by atoms with Gasteiger partial charge in [-0.05, 0) is 23.3 Å². The van der Waals surface area contributed by atoms with Crippen LogP contribution in [-0.4, -0.2) is 5.78 Å². The summed E-state index contributed by atoms with van der Waals surface area (Å²) in [4.78, 5) is 11.7. The molecule has 0 fully saturated rings. The third-order valence-corrected chi connectivity index (χ3v) is 2.81. The van der Waals surface area contributed by atoms with Gasteiger partial charge in [0, 0.05) is 25.0 Å². The second-order valence-electron chi connectivity index (χ2n) is 4.36. The summed E-state index contributed by atoms with van der Waals surface area (Å²) in [7, 11) is 0. The summed E-state index contributed by atoms with van der Waals surface area (Å²) in [5, 5.41) is 0. The quantitative estimate of drug-likeness (QED) is 0.783. The Labute approximate surface area is 112 Å². The van der Waals surface area contributed by atoms with E-state index < -0.39 is 29.1 Å².